The molecule has 0 saturated carbocycles. The first-order chi connectivity index (χ1) is 8.16. The fourth-order valence-electron chi connectivity index (χ4n) is 2.94. The van der Waals surface area contributed by atoms with Gasteiger partial charge in [-0.3, -0.25) is 5.32 Å². The lowest BCUT2D eigenvalue weighted by atomic mass is 9.84. The van der Waals surface area contributed by atoms with Crippen molar-refractivity contribution in [3.8, 4) is 0 Å². The van der Waals surface area contributed by atoms with Crippen LogP contribution >= 0.6 is 0 Å². The molecule has 0 aromatic heterocycles. The Morgan fingerprint density at radius 1 is 1.35 bits per heavy atom. The van der Waals surface area contributed by atoms with E-state index in [1.807, 2.05) is 0 Å². The van der Waals surface area contributed by atoms with Crippen molar-refractivity contribution in [1.29, 1.82) is 0 Å². The molecule has 2 aliphatic heterocycles. The van der Waals surface area contributed by atoms with Gasteiger partial charge >= 0.3 is 0 Å². The van der Waals surface area contributed by atoms with Gasteiger partial charge in [-0.15, -0.1) is 0 Å². The Morgan fingerprint density at radius 2 is 2.18 bits per heavy atom. The first-order valence-corrected chi connectivity index (χ1v) is 6.86. The Labute approximate surface area is 104 Å². The normalized spacial score (nSPS) is 38.8. The Bertz CT molecular complexity index is 229. The molecule has 0 aromatic rings. The lowest BCUT2D eigenvalue weighted by molar-refractivity contribution is -0.0463. The van der Waals surface area contributed by atoms with Crippen LogP contribution in [0, 0.1) is 11.8 Å². The van der Waals surface area contributed by atoms with Crippen molar-refractivity contribution in [2.75, 3.05) is 26.3 Å². The van der Waals surface area contributed by atoms with E-state index in [0.717, 1.165) is 26.1 Å². The highest BCUT2D eigenvalue weighted by Gasteiger charge is 2.30. The molecular formula is C13H26N2O2. The molecule has 17 heavy (non-hydrogen) atoms. The average Bonchev–Trinajstić information content (AvgIpc) is 2.78. The zero-order chi connectivity index (χ0) is 12.3. The maximum atomic E-state index is 5.92. The summed E-state index contributed by atoms with van der Waals surface area (Å²) in [6, 6.07) is 0.635. The van der Waals surface area contributed by atoms with Crippen LogP contribution in [-0.4, -0.2) is 44.7 Å². The molecule has 0 aliphatic carbocycles. The highest BCUT2D eigenvalue weighted by Crippen LogP contribution is 2.23. The quantitative estimate of drug-likeness (QED) is 0.771. The lowest BCUT2D eigenvalue weighted by Crippen LogP contribution is -2.50. The van der Waals surface area contributed by atoms with Crippen molar-refractivity contribution < 1.29 is 9.47 Å². The first kappa shape index (κ1) is 13.3. The van der Waals surface area contributed by atoms with Gasteiger partial charge in [-0.1, -0.05) is 20.8 Å². The Morgan fingerprint density at radius 3 is 2.76 bits per heavy atom. The number of hydrogen-bond acceptors (Lipinski definition) is 4. The van der Waals surface area contributed by atoms with Crippen LogP contribution in [0.4, 0.5) is 0 Å². The summed E-state index contributed by atoms with van der Waals surface area (Å²) in [6.45, 7) is 10.3. The SMILES string of the molecule is CC(C)C1NCC(OCC2NCCO2)CC1C. The van der Waals surface area contributed by atoms with E-state index < -0.39 is 0 Å². The molecule has 2 N–H and O–H groups in total. The Hall–Kier alpha value is -0.160. The van der Waals surface area contributed by atoms with Crippen LogP contribution in [0.2, 0.25) is 0 Å². The maximum Gasteiger partial charge on any atom is 0.131 e. The van der Waals surface area contributed by atoms with E-state index in [2.05, 4.69) is 31.4 Å². The van der Waals surface area contributed by atoms with E-state index in [4.69, 9.17) is 9.47 Å². The maximum absolute atomic E-state index is 5.92. The smallest absolute Gasteiger partial charge is 0.131 e. The summed E-state index contributed by atoms with van der Waals surface area (Å²) < 4.78 is 11.4. The fourth-order valence-corrected chi connectivity index (χ4v) is 2.94. The summed E-state index contributed by atoms with van der Waals surface area (Å²) in [4.78, 5) is 0. The molecule has 2 aliphatic rings. The molecule has 0 spiro atoms. The minimum absolute atomic E-state index is 0.105. The molecule has 0 radical (unpaired) electrons. The molecule has 0 amide bonds. The van der Waals surface area contributed by atoms with Crippen molar-refractivity contribution in [2.24, 2.45) is 11.8 Å². The van der Waals surface area contributed by atoms with Crippen molar-refractivity contribution >= 4 is 0 Å². The molecule has 0 aromatic carbocycles. The summed E-state index contributed by atoms with van der Waals surface area (Å²) in [7, 11) is 0. The van der Waals surface area contributed by atoms with Gasteiger partial charge in [0.1, 0.15) is 6.23 Å². The fraction of sp³-hybridized carbons (Fsp3) is 1.00. The van der Waals surface area contributed by atoms with Gasteiger partial charge in [0.2, 0.25) is 0 Å². The van der Waals surface area contributed by atoms with E-state index in [1.165, 1.54) is 0 Å². The van der Waals surface area contributed by atoms with Gasteiger partial charge in [-0.25, -0.2) is 0 Å². The molecule has 4 nitrogen and oxygen atoms in total. The van der Waals surface area contributed by atoms with Crippen LogP contribution in [-0.2, 0) is 9.47 Å². The van der Waals surface area contributed by atoms with Crippen LogP contribution < -0.4 is 10.6 Å². The largest absolute Gasteiger partial charge is 0.373 e. The van der Waals surface area contributed by atoms with Crippen molar-refractivity contribution in [2.45, 2.75) is 45.6 Å². The van der Waals surface area contributed by atoms with Crippen LogP contribution in [0.1, 0.15) is 27.2 Å². The monoisotopic (exact) mass is 242 g/mol. The molecule has 0 bridgehead atoms. The predicted octanol–water partition coefficient (Wildman–Crippen LogP) is 0.971. The molecule has 2 rings (SSSR count). The Balaban J connectivity index is 1.69. The second kappa shape index (κ2) is 6.14. The molecule has 4 atom stereocenters. The highest BCUT2D eigenvalue weighted by molar-refractivity contribution is 4.85. The molecule has 4 unspecified atom stereocenters. The Kier molecular flexibility index (Phi) is 4.79. The van der Waals surface area contributed by atoms with Crippen molar-refractivity contribution in [1.82, 2.24) is 10.6 Å². The van der Waals surface area contributed by atoms with Crippen molar-refractivity contribution in [3.05, 3.63) is 0 Å². The minimum atomic E-state index is 0.105. The van der Waals surface area contributed by atoms with Crippen molar-refractivity contribution in [3.63, 3.8) is 0 Å². The standard InChI is InChI=1S/C13H26N2O2/c1-9(2)13-10(3)6-11(7-15-13)17-8-12-14-4-5-16-12/h9-15H,4-8H2,1-3H3. The van der Waals surface area contributed by atoms with Gasteiger partial charge in [0, 0.05) is 19.1 Å². The topological polar surface area (TPSA) is 42.5 Å². The number of ether oxygens (including phenoxy) is 2. The van der Waals surface area contributed by atoms with Crippen LogP contribution in [0.5, 0.6) is 0 Å². The van der Waals surface area contributed by atoms with Gasteiger partial charge in [-0.2, -0.15) is 0 Å². The van der Waals surface area contributed by atoms with Gasteiger partial charge in [0.05, 0.1) is 19.3 Å². The number of hydrogen-bond donors (Lipinski definition) is 2. The average molecular weight is 242 g/mol. The van der Waals surface area contributed by atoms with E-state index in [0.29, 0.717) is 30.6 Å². The van der Waals surface area contributed by atoms with Gasteiger partial charge in [0.25, 0.3) is 0 Å². The lowest BCUT2D eigenvalue weighted by Gasteiger charge is -2.37. The number of nitrogens with one attached hydrogen (secondary N) is 2. The first-order valence-electron chi connectivity index (χ1n) is 6.86. The second-order valence-electron chi connectivity index (χ2n) is 5.66. The number of rotatable bonds is 4. The van der Waals surface area contributed by atoms with E-state index >= 15 is 0 Å². The van der Waals surface area contributed by atoms with E-state index in [1.54, 1.807) is 0 Å². The summed E-state index contributed by atoms with van der Waals surface area (Å²) in [5, 5.41) is 6.87. The third-order valence-corrected chi connectivity index (χ3v) is 3.82. The zero-order valence-corrected chi connectivity index (χ0v) is 11.2. The molecule has 2 heterocycles. The summed E-state index contributed by atoms with van der Waals surface area (Å²) in [5.41, 5.74) is 0. The van der Waals surface area contributed by atoms with E-state index in [-0.39, 0.29) is 6.23 Å². The number of piperidine rings is 1. The van der Waals surface area contributed by atoms with Gasteiger partial charge in [0.15, 0.2) is 0 Å². The minimum Gasteiger partial charge on any atom is -0.373 e. The van der Waals surface area contributed by atoms with Gasteiger partial charge in [-0.05, 0) is 18.3 Å². The summed E-state index contributed by atoms with van der Waals surface area (Å²) >= 11 is 0. The molecule has 100 valence electrons. The summed E-state index contributed by atoms with van der Waals surface area (Å²) in [5.74, 6) is 1.39. The third kappa shape index (κ3) is 3.65. The second-order valence-corrected chi connectivity index (χ2v) is 5.66. The zero-order valence-electron chi connectivity index (χ0n) is 11.2. The molecule has 4 heteroatoms. The summed E-state index contributed by atoms with van der Waals surface area (Å²) in [6.07, 6.45) is 1.60. The van der Waals surface area contributed by atoms with Crippen LogP contribution in [0.25, 0.3) is 0 Å². The molecule has 2 saturated heterocycles. The van der Waals surface area contributed by atoms with Crippen LogP contribution in [0.3, 0.4) is 0 Å². The highest BCUT2D eigenvalue weighted by atomic mass is 16.6. The molecular weight excluding hydrogens is 216 g/mol. The predicted molar refractivity (Wildman–Crippen MR) is 67.9 cm³/mol. The molecule has 2 fully saturated rings. The van der Waals surface area contributed by atoms with Gasteiger partial charge < -0.3 is 14.8 Å². The van der Waals surface area contributed by atoms with Crippen LogP contribution in [0.15, 0.2) is 0 Å². The van der Waals surface area contributed by atoms with E-state index in [9.17, 15) is 0 Å². The third-order valence-electron chi connectivity index (χ3n) is 3.82.